The number of hydrogen-bond acceptors (Lipinski definition) is 4. The van der Waals surface area contributed by atoms with Gasteiger partial charge in [-0.05, 0) is 63.7 Å². The first kappa shape index (κ1) is 21.8. The second-order valence-electron chi connectivity index (χ2n) is 8.51. The molecule has 2 rings (SSSR count). The number of carbonyl (C=O) groups excluding carboxylic acids is 1. The highest BCUT2D eigenvalue weighted by atomic mass is 16.5. The van der Waals surface area contributed by atoms with Gasteiger partial charge in [0, 0.05) is 12.3 Å². The van der Waals surface area contributed by atoms with Crippen LogP contribution in [-0.2, 0) is 14.3 Å². The summed E-state index contributed by atoms with van der Waals surface area (Å²) in [6.07, 6.45) is 8.47. The molecule has 0 bridgehead atoms. The first-order chi connectivity index (χ1) is 12.8. The van der Waals surface area contributed by atoms with Crippen LogP contribution in [-0.4, -0.2) is 41.3 Å². The van der Waals surface area contributed by atoms with E-state index in [1.54, 1.807) is 0 Å². The number of ether oxygens (including phenoxy) is 1. The lowest BCUT2D eigenvalue weighted by Gasteiger charge is -2.21. The summed E-state index contributed by atoms with van der Waals surface area (Å²) in [6.45, 7) is 6.47. The van der Waals surface area contributed by atoms with Gasteiger partial charge in [0.15, 0.2) is 0 Å². The van der Waals surface area contributed by atoms with Gasteiger partial charge >= 0.3 is 5.97 Å². The molecule has 0 saturated heterocycles. The number of Topliss-reactive ketones (excluding diaryl/α,β-unsaturated/α-hetero) is 1. The normalized spacial score (nSPS) is 27.8. The smallest absolute Gasteiger partial charge is 0.329 e. The lowest BCUT2D eigenvalue weighted by Crippen LogP contribution is -2.28. The molecule has 0 aromatic carbocycles. The van der Waals surface area contributed by atoms with E-state index in [-0.39, 0.29) is 30.1 Å². The van der Waals surface area contributed by atoms with Gasteiger partial charge in [0.2, 0.25) is 0 Å². The van der Waals surface area contributed by atoms with E-state index in [1.165, 1.54) is 11.1 Å². The number of aliphatic hydroxyl groups excluding tert-OH is 1. The van der Waals surface area contributed by atoms with Crippen LogP contribution in [0.1, 0.15) is 59.3 Å². The summed E-state index contributed by atoms with van der Waals surface area (Å²) in [5, 5.41) is 19.0. The number of allylic oxidation sites excluding steroid dienone is 3. The SMILES string of the molecule is CC(C)=CCC(C)CCC(=O)[C@H]1[C@@H]2CC(CCOCC(=O)O)=C[C@@H]2C[C@@H]1O. The molecule has 152 valence electrons. The number of fused-ring (bicyclic) bond motifs is 1. The molecule has 2 N–H and O–H groups in total. The Kier molecular flexibility index (Phi) is 8.24. The topological polar surface area (TPSA) is 83.8 Å². The zero-order valence-corrected chi connectivity index (χ0v) is 16.8. The molecular weight excluding hydrogens is 344 g/mol. The van der Waals surface area contributed by atoms with Crippen LogP contribution in [0.25, 0.3) is 0 Å². The van der Waals surface area contributed by atoms with Crippen molar-refractivity contribution in [3.8, 4) is 0 Å². The standard InChI is InChI=1S/C22H34O5/c1-14(2)4-5-15(3)6-7-19(23)22-18-11-16(8-9-27-13-21(25)26)10-17(18)12-20(22)24/h4,10,15,17-18,20,22,24H,5-9,11-13H2,1-3H3,(H,25,26)/t15?,17-,18-,20+,22-/m1/s1. The van der Waals surface area contributed by atoms with E-state index in [0.717, 1.165) is 19.3 Å². The van der Waals surface area contributed by atoms with Crippen molar-refractivity contribution in [2.24, 2.45) is 23.7 Å². The van der Waals surface area contributed by atoms with Gasteiger partial charge in [-0.1, -0.05) is 30.2 Å². The van der Waals surface area contributed by atoms with Crippen LogP contribution in [0, 0.1) is 23.7 Å². The van der Waals surface area contributed by atoms with Gasteiger partial charge in [0.1, 0.15) is 12.4 Å². The molecule has 5 nitrogen and oxygen atoms in total. The van der Waals surface area contributed by atoms with E-state index in [0.29, 0.717) is 31.8 Å². The fraction of sp³-hybridized carbons (Fsp3) is 0.727. The molecule has 0 aromatic rings. The van der Waals surface area contributed by atoms with Gasteiger partial charge in [-0.25, -0.2) is 4.79 Å². The highest BCUT2D eigenvalue weighted by Gasteiger charge is 2.47. The fourth-order valence-corrected chi connectivity index (χ4v) is 4.41. The van der Waals surface area contributed by atoms with Gasteiger partial charge in [-0.3, -0.25) is 4.79 Å². The summed E-state index contributed by atoms with van der Waals surface area (Å²) in [7, 11) is 0. The molecule has 5 atom stereocenters. The van der Waals surface area contributed by atoms with E-state index < -0.39 is 12.1 Å². The number of carboxylic acids is 1. The third kappa shape index (κ3) is 6.58. The Bertz CT molecular complexity index is 588. The van der Waals surface area contributed by atoms with Crippen molar-refractivity contribution in [3.05, 3.63) is 23.3 Å². The molecule has 2 aliphatic rings. The highest BCUT2D eigenvalue weighted by molar-refractivity contribution is 5.82. The van der Waals surface area contributed by atoms with Gasteiger partial charge in [-0.15, -0.1) is 0 Å². The lowest BCUT2D eigenvalue weighted by molar-refractivity contribution is -0.142. The van der Waals surface area contributed by atoms with Crippen molar-refractivity contribution in [1.29, 1.82) is 0 Å². The van der Waals surface area contributed by atoms with Crippen LogP contribution in [0.15, 0.2) is 23.3 Å². The average molecular weight is 379 g/mol. The van der Waals surface area contributed by atoms with Crippen molar-refractivity contribution < 1.29 is 24.5 Å². The minimum absolute atomic E-state index is 0.204. The summed E-state index contributed by atoms with van der Waals surface area (Å²) in [4.78, 5) is 23.3. The minimum atomic E-state index is -0.958. The maximum atomic E-state index is 12.8. The first-order valence-corrected chi connectivity index (χ1v) is 10.1. The quantitative estimate of drug-likeness (QED) is 0.422. The minimum Gasteiger partial charge on any atom is -0.480 e. The summed E-state index contributed by atoms with van der Waals surface area (Å²) in [6, 6.07) is 0. The number of aliphatic carboxylic acids is 1. The molecule has 1 unspecified atom stereocenters. The Morgan fingerprint density at radius 1 is 1.37 bits per heavy atom. The zero-order chi connectivity index (χ0) is 20.0. The Morgan fingerprint density at radius 3 is 2.78 bits per heavy atom. The number of ketones is 1. The van der Waals surface area contributed by atoms with Crippen molar-refractivity contribution >= 4 is 11.8 Å². The maximum absolute atomic E-state index is 12.8. The predicted octanol–water partition coefficient (Wildman–Crippen LogP) is 3.76. The Labute approximate surface area is 162 Å². The monoisotopic (exact) mass is 378 g/mol. The second-order valence-corrected chi connectivity index (χ2v) is 8.51. The maximum Gasteiger partial charge on any atom is 0.329 e. The van der Waals surface area contributed by atoms with E-state index in [9.17, 15) is 14.7 Å². The van der Waals surface area contributed by atoms with Crippen molar-refractivity contribution in [2.75, 3.05) is 13.2 Å². The van der Waals surface area contributed by atoms with E-state index >= 15 is 0 Å². The summed E-state index contributed by atoms with van der Waals surface area (Å²) >= 11 is 0. The Balaban J connectivity index is 1.80. The zero-order valence-electron chi connectivity index (χ0n) is 16.8. The lowest BCUT2D eigenvalue weighted by atomic mass is 9.83. The van der Waals surface area contributed by atoms with Crippen molar-refractivity contribution in [1.82, 2.24) is 0 Å². The van der Waals surface area contributed by atoms with E-state index in [4.69, 9.17) is 9.84 Å². The Morgan fingerprint density at radius 2 is 2.11 bits per heavy atom. The summed E-state index contributed by atoms with van der Waals surface area (Å²) < 4.78 is 5.12. The average Bonchev–Trinajstić information content (AvgIpc) is 3.10. The fourth-order valence-electron chi connectivity index (χ4n) is 4.41. The van der Waals surface area contributed by atoms with Crippen LogP contribution < -0.4 is 0 Å². The third-order valence-corrected chi connectivity index (χ3v) is 5.86. The van der Waals surface area contributed by atoms with Crippen LogP contribution >= 0.6 is 0 Å². The molecule has 0 radical (unpaired) electrons. The van der Waals surface area contributed by atoms with E-state index in [1.807, 2.05) is 0 Å². The van der Waals surface area contributed by atoms with Gasteiger partial charge in [-0.2, -0.15) is 0 Å². The van der Waals surface area contributed by atoms with Crippen molar-refractivity contribution in [2.45, 2.75) is 65.4 Å². The molecule has 2 aliphatic carbocycles. The van der Waals surface area contributed by atoms with Gasteiger partial charge in [0.05, 0.1) is 12.7 Å². The van der Waals surface area contributed by atoms with Crippen LogP contribution in [0.3, 0.4) is 0 Å². The molecule has 0 aromatic heterocycles. The van der Waals surface area contributed by atoms with Crippen LogP contribution in [0.4, 0.5) is 0 Å². The first-order valence-electron chi connectivity index (χ1n) is 10.1. The molecular formula is C22H34O5. The number of rotatable bonds is 11. The largest absolute Gasteiger partial charge is 0.480 e. The number of hydrogen-bond donors (Lipinski definition) is 2. The second kappa shape index (κ2) is 10.2. The number of carboxylic acid groups (broad SMARTS) is 1. The van der Waals surface area contributed by atoms with E-state index in [2.05, 4.69) is 32.9 Å². The summed E-state index contributed by atoms with van der Waals surface area (Å²) in [5.41, 5.74) is 2.54. The molecule has 5 heteroatoms. The third-order valence-electron chi connectivity index (χ3n) is 5.86. The molecule has 0 heterocycles. The Hall–Kier alpha value is -1.46. The molecule has 0 amide bonds. The molecule has 0 aliphatic heterocycles. The number of carbonyl (C=O) groups is 2. The van der Waals surface area contributed by atoms with Crippen LogP contribution in [0.5, 0.6) is 0 Å². The number of aliphatic hydroxyl groups is 1. The molecule has 1 fully saturated rings. The molecule has 0 spiro atoms. The predicted molar refractivity (Wildman–Crippen MR) is 104 cm³/mol. The van der Waals surface area contributed by atoms with Crippen molar-refractivity contribution in [3.63, 3.8) is 0 Å². The van der Waals surface area contributed by atoms with Crippen LogP contribution in [0.2, 0.25) is 0 Å². The highest BCUT2D eigenvalue weighted by Crippen LogP contribution is 2.48. The van der Waals surface area contributed by atoms with Gasteiger partial charge in [0.25, 0.3) is 0 Å². The molecule has 27 heavy (non-hydrogen) atoms. The molecule has 1 saturated carbocycles. The van der Waals surface area contributed by atoms with Gasteiger partial charge < -0.3 is 14.9 Å². The summed E-state index contributed by atoms with van der Waals surface area (Å²) in [5.74, 6) is -0.0570.